The second-order valence-electron chi connectivity index (χ2n) is 2.03. The highest BCUT2D eigenvalue weighted by molar-refractivity contribution is 6.37. The molecule has 0 fully saturated rings. The van der Waals surface area contributed by atoms with Crippen LogP contribution in [0.5, 0.6) is 5.75 Å². The molecule has 2 N–H and O–H groups in total. The molecule has 0 radical (unpaired) electrons. The van der Waals surface area contributed by atoms with Crippen molar-refractivity contribution in [3.05, 3.63) is 22.2 Å². The van der Waals surface area contributed by atoms with Crippen molar-refractivity contribution in [3.8, 4) is 5.75 Å². The molecule has 0 aromatic heterocycles. The number of anilines is 1. The zero-order chi connectivity index (χ0) is 8.43. The molecule has 11 heavy (non-hydrogen) atoms. The number of phenolic OH excluding ortho intramolecular Hbond substituents is 1. The number of hydrogen-bond acceptors (Lipinski definition) is 2. The van der Waals surface area contributed by atoms with Gasteiger partial charge in [-0.05, 0) is 6.07 Å². The van der Waals surface area contributed by atoms with Gasteiger partial charge in [0.15, 0.2) is 0 Å². The van der Waals surface area contributed by atoms with E-state index >= 15 is 0 Å². The minimum atomic E-state index is 0.0282. The lowest BCUT2D eigenvalue weighted by molar-refractivity contribution is 0.476. The minimum absolute atomic E-state index is 0.0282. The summed E-state index contributed by atoms with van der Waals surface area (Å²) >= 11 is 11.3. The lowest BCUT2D eigenvalue weighted by Gasteiger charge is -2.04. The van der Waals surface area contributed by atoms with E-state index in [0.717, 1.165) is 0 Å². The summed E-state index contributed by atoms with van der Waals surface area (Å²) in [5, 5.41) is 12.7. The Kier molecular flexibility index (Phi) is 2.47. The Hall–Kier alpha value is -0.600. The van der Waals surface area contributed by atoms with E-state index in [0.29, 0.717) is 10.7 Å². The van der Waals surface area contributed by atoms with Gasteiger partial charge in [0, 0.05) is 13.1 Å². The molecule has 0 atom stereocenters. The van der Waals surface area contributed by atoms with Gasteiger partial charge in [-0.3, -0.25) is 0 Å². The Morgan fingerprint density at radius 3 is 2.45 bits per heavy atom. The summed E-state index contributed by atoms with van der Waals surface area (Å²) in [7, 11) is 1.72. The summed E-state index contributed by atoms with van der Waals surface area (Å²) in [4.78, 5) is 0. The van der Waals surface area contributed by atoms with Crippen molar-refractivity contribution < 1.29 is 5.11 Å². The highest BCUT2D eigenvalue weighted by Crippen LogP contribution is 2.32. The lowest BCUT2D eigenvalue weighted by atomic mass is 10.3. The van der Waals surface area contributed by atoms with Crippen LogP contribution in [0, 0.1) is 0 Å². The lowest BCUT2D eigenvalue weighted by Crippen LogP contribution is -1.88. The Balaban J connectivity index is 3.21. The molecule has 0 aliphatic heterocycles. The SMILES string of the molecule is CNc1cc(O)c(Cl)cc1Cl. The van der Waals surface area contributed by atoms with E-state index in [1.165, 1.54) is 12.1 Å². The van der Waals surface area contributed by atoms with Gasteiger partial charge in [-0.25, -0.2) is 0 Å². The van der Waals surface area contributed by atoms with Crippen molar-refractivity contribution in [2.45, 2.75) is 0 Å². The monoisotopic (exact) mass is 191 g/mol. The first kappa shape index (κ1) is 8.50. The molecule has 1 aromatic rings. The number of hydrogen-bond donors (Lipinski definition) is 2. The molecule has 0 spiro atoms. The van der Waals surface area contributed by atoms with Crippen LogP contribution in [0.4, 0.5) is 5.69 Å². The van der Waals surface area contributed by atoms with Gasteiger partial charge in [-0.1, -0.05) is 23.2 Å². The predicted octanol–water partition coefficient (Wildman–Crippen LogP) is 2.74. The van der Waals surface area contributed by atoms with Gasteiger partial charge in [0.1, 0.15) is 5.75 Å². The van der Waals surface area contributed by atoms with Crippen LogP contribution < -0.4 is 5.32 Å². The summed E-state index contributed by atoms with van der Waals surface area (Å²) in [6.45, 7) is 0. The van der Waals surface area contributed by atoms with Gasteiger partial charge in [0.05, 0.1) is 15.7 Å². The van der Waals surface area contributed by atoms with E-state index in [2.05, 4.69) is 5.32 Å². The molecule has 1 aromatic carbocycles. The quantitative estimate of drug-likeness (QED) is 0.716. The number of halogens is 2. The van der Waals surface area contributed by atoms with Crippen molar-refractivity contribution in [2.75, 3.05) is 12.4 Å². The Bertz CT molecular complexity index is 275. The number of nitrogens with one attached hydrogen (secondary N) is 1. The van der Waals surface area contributed by atoms with Crippen LogP contribution in [0.15, 0.2) is 12.1 Å². The second-order valence-corrected chi connectivity index (χ2v) is 2.85. The van der Waals surface area contributed by atoms with E-state index in [-0.39, 0.29) is 10.8 Å². The topological polar surface area (TPSA) is 32.3 Å². The van der Waals surface area contributed by atoms with E-state index in [1.807, 2.05) is 0 Å². The van der Waals surface area contributed by atoms with Crippen LogP contribution in [0.2, 0.25) is 10.0 Å². The number of phenols is 1. The summed E-state index contributed by atoms with van der Waals surface area (Å²) in [6, 6.07) is 2.97. The minimum Gasteiger partial charge on any atom is -0.506 e. The summed E-state index contributed by atoms with van der Waals surface area (Å²) in [5.74, 6) is 0.0282. The molecular formula is C7H7Cl2NO. The first-order chi connectivity index (χ1) is 5.15. The summed E-state index contributed by atoms with van der Waals surface area (Å²) in [5.41, 5.74) is 0.661. The first-order valence-electron chi connectivity index (χ1n) is 3.01. The smallest absolute Gasteiger partial charge is 0.136 e. The molecule has 0 aliphatic rings. The van der Waals surface area contributed by atoms with Crippen LogP contribution >= 0.6 is 23.2 Å². The fraction of sp³-hybridized carbons (Fsp3) is 0.143. The van der Waals surface area contributed by atoms with Gasteiger partial charge in [-0.15, -0.1) is 0 Å². The van der Waals surface area contributed by atoms with E-state index in [1.54, 1.807) is 7.05 Å². The zero-order valence-corrected chi connectivity index (χ0v) is 7.37. The third-order valence-corrected chi connectivity index (χ3v) is 1.92. The molecule has 1 rings (SSSR count). The van der Waals surface area contributed by atoms with Crippen LogP contribution in [-0.2, 0) is 0 Å². The molecular weight excluding hydrogens is 185 g/mol. The molecule has 0 amide bonds. The summed E-state index contributed by atoms with van der Waals surface area (Å²) in [6.07, 6.45) is 0. The molecule has 0 aliphatic carbocycles. The molecule has 0 heterocycles. The van der Waals surface area contributed by atoms with Gasteiger partial charge in [0.2, 0.25) is 0 Å². The number of benzene rings is 1. The third-order valence-electron chi connectivity index (χ3n) is 1.31. The van der Waals surface area contributed by atoms with Crippen molar-refractivity contribution in [2.24, 2.45) is 0 Å². The number of aromatic hydroxyl groups is 1. The molecule has 60 valence electrons. The van der Waals surface area contributed by atoms with Crippen molar-refractivity contribution >= 4 is 28.9 Å². The Morgan fingerprint density at radius 1 is 1.27 bits per heavy atom. The second kappa shape index (κ2) is 3.20. The maximum absolute atomic E-state index is 9.13. The van der Waals surface area contributed by atoms with Crippen LogP contribution in [0.1, 0.15) is 0 Å². The molecule has 4 heteroatoms. The molecule has 0 saturated heterocycles. The van der Waals surface area contributed by atoms with Crippen LogP contribution in [-0.4, -0.2) is 12.2 Å². The molecule has 2 nitrogen and oxygen atoms in total. The van der Waals surface area contributed by atoms with Crippen molar-refractivity contribution in [3.63, 3.8) is 0 Å². The molecule has 0 unspecified atom stereocenters. The maximum atomic E-state index is 9.13. The zero-order valence-electron chi connectivity index (χ0n) is 5.86. The highest BCUT2D eigenvalue weighted by atomic mass is 35.5. The average Bonchev–Trinajstić information content (AvgIpc) is 1.97. The molecule has 0 saturated carbocycles. The van der Waals surface area contributed by atoms with Gasteiger partial charge in [-0.2, -0.15) is 0 Å². The van der Waals surface area contributed by atoms with Crippen LogP contribution in [0.3, 0.4) is 0 Å². The highest BCUT2D eigenvalue weighted by Gasteiger charge is 2.03. The van der Waals surface area contributed by atoms with Crippen molar-refractivity contribution in [1.82, 2.24) is 0 Å². The van der Waals surface area contributed by atoms with E-state index in [9.17, 15) is 0 Å². The van der Waals surface area contributed by atoms with Gasteiger partial charge >= 0.3 is 0 Å². The standard InChI is InChI=1S/C7H7Cl2NO/c1-10-6-3-7(11)5(9)2-4(6)8/h2-3,10-11H,1H3. The van der Waals surface area contributed by atoms with Crippen molar-refractivity contribution in [1.29, 1.82) is 0 Å². The summed E-state index contributed by atoms with van der Waals surface area (Å²) < 4.78 is 0. The maximum Gasteiger partial charge on any atom is 0.136 e. The predicted molar refractivity (Wildman–Crippen MR) is 47.7 cm³/mol. The fourth-order valence-electron chi connectivity index (χ4n) is 0.729. The van der Waals surface area contributed by atoms with E-state index < -0.39 is 0 Å². The normalized spacial score (nSPS) is 9.73. The largest absolute Gasteiger partial charge is 0.506 e. The fourth-order valence-corrected chi connectivity index (χ4v) is 1.21. The average molecular weight is 192 g/mol. The number of rotatable bonds is 1. The Labute approximate surface area is 74.7 Å². The molecule has 0 bridgehead atoms. The van der Waals surface area contributed by atoms with E-state index in [4.69, 9.17) is 28.3 Å². The van der Waals surface area contributed by atoms with Gasteiger partial charge < -0.3 is 10.4 Å². The van der Waals surface area contributed by atoms with Gasteiger partial charge in [0.25, 0.3) is 0 Å². The van der Waals surface area contributed by atoms with Crippen LogP contribution in [0.25, 0.3) is 0 Å². The third kappa shape index (κ3) is 1.70. The Morgan fingerprint density at radius 2 is 1.91 bits per heavy atom. The first-order valence-corrected chi connectivity index (χ1v) is 3.76.